The quantitative estimate of drug-likeness (QED) is 0.637. The van der Waals surface area contributed by atoms with Crippen molar-refractivity contribution in [3.8, 4) is 5.69 Å². The molecule has 0 aliphatic rings. The van der Waals surface area contributed by atoms with Gasteiger partial charge in [-0.05, 0) is 62.1 Å². The summed E-state index contributed by atoms with van der Waals surface area (Å²) in [6.45, 7) is 7.55. The Hall–Kier alpha value is -3.19. The van der Waals surface area contributed by atoms with E-state index in [9.17, 15) is 14.4 Å². The van der Waals surface area contributed by atoms with Crippen molar-refractivity contribution >= 4 is 17.5 Å². The van der Waals surface area contributed by atoms with Crippen LogP contribution in [0.25, 0.3) is 5.69 Å². The normalized spacial score (nSPS) is 11.9. The molecule has 1 amide bonds. The van der Waals surface area contributed by atoms with Crippen LogP contribution in [0.3, 0.4) is 0 Å². The predicted molar refractivity (Wildman–Crippen MR) is 121 cm³/mol. The van der Waals surface area contributed by atoms with Crippen LogP contribution in [0, 0.1) is 13.8 Å². The summed E-state index contributed by atoms with van der Waals surface area (Å²) in [5.41, 5.74) is 1.33. The second-order valence-corrected chi connectivity index (χ2v) is 7.98. The average Bonchev–Trinajstić information content (AvgIpc) is 2.74. The van der Waals surface area contributed by atoms with Gasteiger partial charge in [-0.15, -0.1) is 0 Å². The maximum Gasteiger partial charge on any atom is 0.352 e. The van der Waals surface area contributed by atoms with E-state index in [1.807, 2.05) is 33.8 Å². The van der Waals surface area contributed by atoms with Gasteiger partial charge in [-0.25, -0.2) is 4.79 Å². The maximum atomic E-state index is 13.2. The monoisotopic (exact) mass is 440 g/mol. The largest absolute Gasteiger partial charge is 0.352 e. The molecule has 2 aromatic carbocycles. The molecule has 0 spiro atoms. The number of carbonyl (C=O) groups excluding carboxylic acids is 1. The van der Waals surface area contributed by atoms with Crippen LogP contribution in [0.1, 0.15) is 47.4 Å². The molecular weight excluding hydrogens is 416 g/mol. The van der Waals surface area contributed by atoms with E-state index >= 15 is 0 Å². The maximum absolute atomic E-state index is 13.2. The van der Waals surface area contributed by atoms with Crippen molar-refractivity contribution in [1.29, 1.82) is 0 Å². The third-order valence-corrected chi connectivity index (χ3v) is 5.65. The highest BCUT2D eigenvalue weighted by atomic mass is 35.5. The summed E-state index contributed by atoms with van der Waals surface area (Å²) in [6, 6.07) is 12.2. The molecule has 0 aliphatic heterocycles. The average molecular weight is 441 g/mol. The van der Waals surface area contributed by atoms with Gasteiger partial charge < -0.3 is 5.32 Å². The van der Waals surface area contributed by atoms with Crippen LogP contribution in [-0.2, 0) is 6.54 Å². The number of halogens is 1. The molecule has 162 valence electrons. The lowest BCUT2D eigenvalue weighted by Crippen LogP contribution is -2.47. The molecule has 1 N–H and O–H groups in total. The van der Waals surface area contributed by atoms with Gasteiger partial charge in [-0.3, -0.25) is 14.2 Å². The van der Waals surface area contributed by atoms with Crippen LogP contribution < -0.4 is 16.6 Å². The third kappa shape index (κ3) is 4.77. The molecular formula is C23H25ClN4O3. The number of nitrogens with zero attached hydrogens (tertiary/aromatic N) is 3. The molecule has 1 atom stereocenters. The Morgan fingerprint density at radius 3 is 2.48 bits per heavy atom. The van der Waals surface area contributed by atoms with Crippen molar-refractivity contribution < 1.29 is 4.79 Å². The molecule has 31 heavy (non-hydrogen) atoms. The van der Waals surface area contributed by atoms with Crippen molar-refractivity contribution in [2.75, 3.05) is 0 Å². The summed E-state index contributed by atoms with van der Waals surface area (Å²) < 4.78 is 2.09. The molecule has 0 saturated heterocycles. The summed E-state index contributed by atoms with van der Waals surface area (Å²) in [4.78, 5) is 39.1. The van der Waals surface area contributed by atoms with Gasteiger partial charge in [0.15, 0.2) is 0 Å². The second kappa shape index (κ2) is 9.31. The molecule has 0 fully saturated rings. The van der Waals surface area contributed by atoms with Crippen LogP contribution in [0.5, 0.6) is 0 Å². The number of benzene rings is 2. The minimum Gasteiger partial charge on any atom is -0.348 e. The Morgan fingerprint density at radius 1 is 1.13 bits per heavy atom. The number of aromatic nitrogens is 3. The standard InChI is InChI=1S/C23H25ClN4O3/c1-5-16(4)25-21(29)20-22(30)27(13-17-8-6-7-9-19(17)24)23(31)28(26-20)18-11-10-14(2)15(3)12-18/h6-12,16H,5,13H2,1-4H3,(H,25,29)/t16-/m1/s1. The molecule has 3 rings (SSSR count). The van der Waals surface area contributed by atoms with Crippen LogP contribution in [0.2, 0.25) is 5.02 Å². The van der Waals surface area contributed by atoms with Gasteiger partial charge in [0.2, 0.25) is 5.69 Å². The summed E-state index contributed by atoms with van der Waals surface area (Å²) >= 11 is 6.24. The fourth-order valence-electron chi connectivity index (χ4n) is 3.01. The fraction of sp³-hybridized carbons (Fsp3) is 0.304. The lowest BCUT2D eigenvalue weighted by Gasteiger charge is -2.15. The SMILES string of the molecule is CC[C@@H](C)NC(=O)c1nn(-c2ccc(C)c(C)c2)c(=O)n(Cc2ccccc2Cl)c1=O. The van der Waals surface area contributed by atoms with Crippen LogP contribution >= 0.6 is 11.6 Å². The van der Waals surface area contributed by atoms with E-state index in [2.05, 4.69) is 10.4 Å². The Morgan fingerprint density at radius 2 is 1.84 bits per heavy atom. The predicted octanol–water partition coefficient (Wildman–Crippen LogP) is 3.24. The summed E-state index contributed by atoms with van der Waals surface area (Å²) in [5, 5.41) is 7.33. The van der Waals surface area contributed by atoms with Crippen LogP contribution in [0.15, 0.2) is 52.1 Å². The molecule has 1 aromatic heterocycles. The molecule has 8 heteroatoms. The number of nitrogens with one attached hydrogen (secondary N) is 1. The first-order chi connectivity index (χ1) is 14.7. The number of carbonyl (C=O) groups is 1. The molecule has 0 aliphatic carbocycles. The first kappa shape index (κ1) is 22.5. The molecule has 1 heterocycles. The van der Waals surface area contributed by atoms with E-state index in [1.54, 1.807) is 36.4 Å². The first-order valence-electron chi connectivity index (χ1n) is 10.1. The van der Waals surface area contributed by atoms with E-state index in [4.69, 9.17) is 11.6 Å². The van der Waals surface area contributed by atoms with Crippen molar-refractivity contribution in [2.24, 2.45) is 0 Å². The second-order valence-electron chi connectivity index (χ2n) is 7.58. The van der Waals surface area contributed by atoms with E-state index in [0.29, 0.717) is 22.7 Å². The van der Waals surface area contributed by atoms with E-state index in [-0.39, 0.29) is 18.3 Å². The van der Waals surface area contributed by atoms with E-state index in [1.165, 1.54) is 0 Å². The Kier molecular flexibility index (Phi) is 6.75. The lowest BCUT2D eigenvalue weighted by atomic mass is 10.1. The van der Waals surface area contributed by atoms with Crippen molar-refractivity contribution in [2.45, 2.75) is 46.7 Å². The summed E-state index contributed by atoms with van der Waals surface area (Å²) in [7, 11) is 0. The van der Waals surface area contributed by atoms with Gasteiger partial charge in [0.1, 0.15) is 0 Å². The topological polar surface area (TPSA) is 86.0 Å². The highest BCUT2D eigenvalue weighted by Gasteiger charge is 2.22. The van der Waals surface area contributed by atoms with E-state index < -0.39 is 17.2 Å². The fourth-order valence-corrected chi connectivity index (χ4v) is 3.21. The number of rotatable bonds is 6. The van der Waals surface area contributed by atoms with Crippen molar-refractivity contribution in [3.05, 3.63) is 90.7 Å². The smallest absolute Gasteiger partial charge is 0.348 e. The molecule has 7 nitrogen and oxygen atoms in total. The van der Waals surface area contributed by atoms with Crippen molar-refractivity contribution in [3.63, 3.8) is 0 Å². The number of amides is 1. The van der Waals surface area contributed by atoms with Gasteiger partial charge in [-0.2, -0.15) is 9.78 Å². The lowest BCUT2D eigenvalue weighted by molar-refractivity contribution is 0.0929. The number of hydrogen-bond acceptors (Lipinski definition) is 4. The molecule has 0 saturated carbocycles. The third-order valence-electron chi connectivity index (χ3n) is 5.29. The number of aryl methyl sites for hydroxylation is 2. The van der Waals surface area contributed by atoms with Crippen LogP contribution in [0.4, 0.5) is 0 Å². The van der Waals surface area contributed by atoms with E-state index in [0.717, 1.165) is 20.4 Å². The molecule has 3 aromatic rings. The van der Waals surface area contributed by atoms with Gasteiger partial charge in [-0.1, -0.05) is 42.8 Å². The summed E-state index contributed by atoms with van der Waals surface area (Å²) in [6.07, 6.45) is 0.691. The zero-order valence-corrected chi connectivity index (χ0v) is 18.7. The Bertz CT molecular complexity index is 1250. The van der Waals surface area contributed by atoms with Gasteiger partial charge in [0, 0.05) is 11.1 Å². The van der Waals surface area contributed by atoms with Gasteiger partial charge >= 0.3 is 5.69 Å². The van der Waals surface area contributed by atoms with Crippen LogP contribution in [-0.4, -0.2) is 26.3 Å². The minimum atomic E-state index is -0.759. The molecule has 0 bridgehead atoms. The Labute approximate surface area is 185 Å². The first-order valence-corrected chi connectivity index (χ1v) is 10.5. The van der Waals surface area contributed by atoms with Crippen molar-refractivity contribution in [1.82, 2.24) is 19.7 Å². The Balaban J connectivity index is 2.23. The summed E-state index contributed by atoms with van der Waals surface area (Å²) in [5.74, 6) is -0.621. The zero-order chi connectivity index (χ0) is 22.7. The zero-order valence-electron chi connectivity index (χ0n) is 18.0. The highest BCUT2D eigenvalue weighted by Crippen LogP contribution is 2.15. The molecule has 0 unspecified atom stereocenters. The van der Waals surface area contributed by atoms with Gasteiger partial charge in [0.05, 0.1) is 12.2 Å². The minimum absolute atomic E-state index is 0.0751. The molecule has 0 radical (unpaired) electrons. The highest BCUT2D eigenvalue weighted by molar-refractivity contribution is 6.31. The van der Waals surface area contributed by atoms with Gasteiger partial charge in [0.25, 0.3) is 11.5 Å². The number of hydrogen-bond donors (Lipinski definition) is 1.